The van der Waals surface area contributed by atoms with Gasteiger partial charge in [0.25, 0.3) is 11.8 Å². The van der Waals surface area contributed by atoms with Gasteiger partial charge in [0.2, 0.25) is 0 Å². The summed E-state index contributed by atoms with van der Waals surface area (Å²) in [5.41, 5.74) is 0.569. The predicted molar refractivity (Wildman–Crippen MR) is 75.6 cm³/mol. The molecule has 0 radical (unpaired) electrons. The molecule has 20 heavy (non-hydrogen) atoms. The molecular formula is C16H17FeNO2-6. The third kappa shape index (κ3) is 7.52. The van der Waals surface area contributed by atoms with E-state index in [4.69, 9.17) is 0 Å². The molecule has 3 nitrogen and oxygen atoms in total. The van der Waals surface area contributed by atoms with E-state index >= 15 is 0 Å². The SMILES string of the molecule is CCC1=CC(=O)NC1=O.[Fe].[cH-]1[cH-][cH-][cH-][cH-]1.c1cc[cH-]c1. The van der Waals surface area contributed by atoms with Gasteiger partial charge >= 0.3 is 0 Å². The van der Waals surface area contributed by atoms with Gasteiger partial charge in [-0.25, -0.2) is 12.1 Å². The number of carbonyl (C=O) groups excluding carboxylic acids is 2. The zero-order valence-corrected chi connectivity index (χ0v) is 12.3. The van der Waals surface area contributed by atoms with Gasteiger partial charge in [-0.2, -0.15) is 18.2 Å². The van der Waals surface area contributed by atoms with Crippen LogP contribution in [0.1, 0.15) is 13.3 Å². The third-order valence-electron chi connectivity index (χ3n) is 2.33. The van der Waals surface area contributed by atoms with Crippen molar-refractivity contribution in [1.82, 2.24) is 5.32 Å². The number of hydrogen-bond acceptors (Lipinski definition) is 2. The molecule has 0 bridgehead atoms. The van der Waals surface area contributed by atoms with Crippen molar-refractivity contribution in [2.24, 2.45) is 0 Å². The van der Waals surface area contributed by atoms with Gasteiger partial charge in [0.1, 0.15) is 0 Å². The third-order valence-corrected chi connectivity index (χ3v) is 2.33. The molecule has 0 spiro atoms. The van der Waals surface area contributed by atoms with E-state index in [-0.39, 0.29) is 28.9 Å². The summed E-state index contributed by atoms with van der Waals surface area (Å²) in [5.74, 6) is -0.542. The van der Waals surface area contributed by atoms with Crippen molar-refractivity contribution in [2.45, 2.75) is 13.3 Å². The summed E-state index contributed by atoms with van der Waals surface area (Å²) in [5, 5.41) is 2.15. The number of imide groups is 1. The normalized spacial score (nSPS) is 11.9. The van der Waals surface area contributed by atoms with E-state index in [1.165, 1.54) is 6.08 Å². The molecular weight excluding hydrogens is 294 g/mol. The van der Waals surface area contributed by atoms with E-state index in [1.807, 2.05) is 67.6 Å². The van der Waals surface area contributed by atoms with Crippen molar-refractivity contribution in [3.8, 4) is 0 Å². The van der Waals surface area contributed by atoms with Gasteiger partial charge < -0.3 is 30.3 Å². The van der Waals surface area contributed by atoms with Crippen molar-refractivity contribution in [1.29, 1.82) is 0 Å². The van der Waals surface area contributed by atoms with Crippen molar-refractivity contribution < 1.29 is 26.7 Å². The van der Waals surface area contributed by atoms with Crippen molar-refractivity contribution in [3.05, 3.63) is 72.3 Å². The van der Waals surface area contributed by atoms with Crippen LogP contribution in [-0.2, 0) is 26.7 Å². The van der Waals surface area contributed by atoms with Gasteiger partial charge in [-0.3, -0.25) is 14.9 Å². The zero-order chi connectivity index (χ0) is 13.9. The summed E-state index contributed by atoms with van der Waals surface area (Å²) < 4.78 is 0. The molecule has 112 valence electrons. The van der Waals surface area contributed by atoms with Crippen LogP contribution in [0.25, 0.3) is 0 Å². The molecule has 2 amide bonds. The molecule has 1 aliphatic rings. The zero-order valence-electron chi connectivity index (χ0n) is 11.2. The molecule has 1 aliphatic heterocycles. The first-order chi connectivity index (χ1) is 9.24. The smallest absolute Gasteiger partial charge is 0.254 e. The van der Waals surface area contributed by atoms with Crippen molar-refractivity contribution in [3.63, 3.8) is 0 Å². The molecule has 4 heteroatoms. The summed E-state index contributed by atoms with van der Waals surface area (Å²) in [7, 11) is 0. The molecule has 0 saturated carbocycles. The van der Waals surface area contributed by atoms with Gasteiger partial charge in [-0.05, 0) is 6.42 Å². The van der Waals surface area contributed by atoms with Crippen LogP contribution in [-0.4, -0.2) is 11.8 Å². The van der Waals surface area contributed by atoms with E-state index in [9.17, 15) is 9.59 Å². The fraction of sp³-hybridized carbons (Fsp3) is 0.125. The van der Waals surface area contributed by atoms with Crippen molar-refractivity contribution >= 4 is 11.8 Å². The number of rotatable bonds is 1. The second-order valence-corrected chi connectivity index (χ2v) is 3.77. The largest absolute Gasteiger partial charge is 0.748 e. The van der Waals surface area contributed by atoms with Gasteiger partial charge in [0, 0.05) is 28.7 Å². The molecule has 0 atom stereocenters. The number of hydrogen-bond donors (Lipinski definition) is 1. The molecule has 1 heterocycles. The van der Waals surface area contributed by atoms with Gasteiger partial charge in [0.05, 0.1) is 0 Å². The standard InChI is InChI=1S/C6H7NO2.2C5H5.Fe/c1-2-4-3-5(8)7-6(4)9;2*1-2-4-5-3-1;/h3H,2H2,1H3,(H,7,8,9);2*1-5H;/q;-5;-1;. The second kappa shape index (κ2) is 11.0. The predicted octanol–water partition coefficient (Wildman–Crippen LogP) is 2.79. The summed E-state index contributed by atoms with van der Waals surface area (Å²) in [6.07, 6.45) is 1.96. The minimum atomic E-state index is -0.295. The first kappa shape index (κ1) is 18.1. The Kier molecular flexibility index (Phi) is 9.93. The summed E-state index contributed by atoms with van der Waals surface area (Å²) in [6, 6.07) is 20.0. The first-order valence-electron chi connectivity index (χ1n) is 6.13. The van der Waals surface area contributed by atoms with E-state index in [0.717, 1.165) is 0 Å². The van der Waals surface area contributed by atoms with Crippen LogP contribution in [0.4, 0.5) is 0 Å². The van der Waals surface area contributed by atoms with E-state index in [0.29, 0.717) is 12.0 Å². The molecule has 0 fully saturated rings. The van der Waals surface area contributed by atoms with Crippen LogP contribution >= 0.6 is 0 Å². The molecule has 3 rings (SSSR count). The van der Waals surface area contributed by atoms with Gasteiger partial charge in [-0.1, -0.05) is 6.92 Å². The minimum absolute atomic E-state index is 0. The van der Waals surface area contributed by atoms with Crippen LogP contribution in [0.3, 0.4) is 0 Å². The average Bonchev–Trinajstić information content (AvgIpc) is 3.15. The Morgan fingerprint density at radius 1 is 1.00 bits per heavy atom. The monoisotopic (exact) mass is 311 g/mol. The van der Waals surface area contributed by atoms with E-state index in [1.54, 1.807) is 0 Å². The number of carbonyl (C=O) groups is 2. The van der Waals surface area contributed by atoms with E-state index in [2.05, 4.69) is 5.32 Å². The molecule has 0 aromatic heterocycles. The number of amides is 2. The Labute approximate surface area is 129 Å². The van der Waals surface area contributed by atoms with Crippen LogP contribution in [0, 0.1) is 0 Å². The summed E-state index contributed by atoms with van der Waals surface area (Å²) in [4.78, 5) is 21.0. The molecule has 0 saturated heterocycles. The molecule has 2 aromatic rings. The fourth-order valence-corrected chi connectivity index (χ4v) is 1.36. The second-order valence-electron chi connectivity index (χ2n) is 3.77. The average molecular weight is 311 g/mol. The Bertz CT molecular complexity index is 438. The Hall–Kier alpha value is -1.90. The van der Waals surface area contributed by atoms with Gasteiger partial charge in [-0.15, -0.1) is 0 Å². The Balaban J connectivity index is 0.000000282. The maximum absolute atomic E-state index is 10.6. The van der Waals surface area contributed by atoms with Crippen LogP contribution in [0.5, 0.6) is 0 Å². The maximum Gasteiger partial charge on any atom is 0.254 e. The van der Waals surface area contributed by atoms with E-state index < -0.39 is 0 Å². The summed E-state index contributed by atoms with van der Waals surface area (Å²) >= 11 is 0. The topological polar surface area (TPSA) is 46.2 Å². The Morgan fingerprint density at radius 2 is 1.50 bits per heavy atom. The van der Waals surface area contributed by atoms with Crippen molar-refractivity contribution in [2.75, 3.05) is 0 Å². The minimum Gasteiger partial charge on any atom is -0.748 e. The first-order valence-corrected chi connectivity index (χ1v) is 6.13. The molecule has 0 aliphatic carbocycles. The molecule has 2 aromatic carbocycles. The van der Waals surface area contributed by atoms with Crippen LogP contribution < -0.4 is 5.32 Å². The van der Waals surface area contributed by atoms with Crippen LogP contribution in [0.2, 0.25) is 0 Å². The Morgan fingerprint density at radius 3 is 1.70 bits per heavy atom. The quantitative estimate of drug-likeness (QED) is 0.500. The summed E-state index contributed by atoms with van der Waals surface area (Å²) in [6.45, 7) is 1.84. The molecule has 0 unspecified atom stereocenters. The van der Waals surface area contributed by atoms with Gasteiger partial charge in [0.15, 0.2) is 0 Å². The van der Waals surface area contributed by atoms with Crippen LogP contribution in [0.15, 0.2) is 72.3 Å². The maximum atomic E-state index is 10.6. The molecule has 1 N–H and O–H groups in total. The number of nitrogens with one attached hydrogen (secondary N) is 1. The fourth-order valence-electron chi connectivity index (χ4n) is 1.36.